The molecule has 19 heavy (non-hydrogen) atoms. The molecule has 0 saturated carbocycles. The Balaban J connectivity index is 2.08. The van der Waals surface area contributed by atoms with Gasteiger partial charge in [-0.3, -0.25) is 4.79 Å². The lowest BCUT2D eigenvalue weighted by Gasteiger charge is -2.30. The van der Waals surface area contributed by atoms with Gasteiger partial charge in [-0.15, -0.1) is 0 Å². The van der Waals surface area contributed by atoms with Crippen LogP contribution >= 0.6 is 0 Å². The summed E-state index contributed by atoms with van der Waals surface area (Å²) < 4.78 is 5.23. The molecule has 2 heterocycles. The van der Waals surface area contributed by atoms with Gasteiger partial charge in [-0.1, -0.05) is 0 Å². The molecular weight excluding hydrogens is 248 g/mol. The fourth-order valence-corrected chi connectivity index (χ4v) is 2.06. The minimum absolute atomic E-state index is 0.0678. The van der Waals surface area contributed by atoms with E-state index in [0.717, 1.165) is 0 Å². The molecule has 0 radical (unpaired) electrons. The molecule has 0 aromatic carbocycles. The van der Waals surface area contributed by atoms with Crippen LogP contribution < -0.4 is 21.1 Å². The number of hydrogen-bond acceptors (Lipinski definition) is 7. The second kappa shape index (κ2) is 5.68. The lowest BCUT2D eigenvalue weighted by Crippen LogP contribution is -2.39. The third-order valence-electron chi connectivity index (χ3n) is 3.07. The molecule has 1 amide bonds. The summed E-state index contributed by atoms with van der Waals surface area (Å²) in [6, 6.07) is 0.224. The van der Waals surface area contributed by atoms with Gasteiger partial charge in [0.2, 0.25) is 17.8 Å². The Morgan fingerprint density at radius 3 is 2.63 bits per heavy atom. The monoisotopic (exact) mass is 266 g/mol. The van der Waals surface area contributed by atoms with E-state index >= 15 is 0 Å². The van der Waals surface area contributed by atoms with Gasteiger partial charge < -0.3 is 21.1 Å². The zero-order chi connectivity index (χ0) is 13.8. The summed E-state index contributed by atoms with van der Waals surface area (Å²) in [7, 11) is 0. The molecule has 0 bridgehead atoms. The van der Waals surface area contributed by atoms with E-state index in [1.807, 2.05) is 11.8 Å². The molecule has 1 saturated heterocycles. The summed E-state index contributed by atoms with van der Waals surface area (Å²) in [5.41, 5.74) is 10.9. The van der Waals surface area contributed by atoms with Crippen molar-refractivity contribution in [1.29, 1.82) is 0 Å². The lowest BCUT2D eigenvalue weighted by molar-refractivity contribution is -0.122. The molecule has 1 aliphatic heterocycles. The maximum absolute atomic E-state index is 11.1. The minimum atomic E-state index is -0.246. The molecule has 1 aromatic rings. The first kappa shape index (κ1) is 13.3. The number of anilines is 2. The molecule has 2 rings (SSSR count). The van der Waals surface area contributed by atoms with Crippen LogP contribution in [0.1, 0.15) is 19.8 Å². The highest BCUT2D eigenvalue weighted by Crippen LogP contribution is 2.21. The van der Waals surface area contributed by atoms with E-state index in [4.69, 9.17) is 16.2 Å². The molecule has 8 nitrogen and oxygen atoms in total. The van der Waals surface area contributed by atoms with Crippen molar-refractivity contribution < 1.29 is 9.53 Å². The van der Waals surface area contributed by atoms with Crippen LogP contribution in [0.4, 0.5) is 11.9 Å². The Bertz CT molecular complexity index is 458. The third kappa shape index (κ3) is 3.21. The largest absolute Gasteiger partial charge is 0.464 e. The number of amides is 1. The standard InChI is InChI=1S/C11H18N6O2/c1-2-19-11-15-9(13)14-10(16-11)17-5-3-7(4-6-17)8(12)18/h7H,2-6H2,1H3,(H2,12,18)(H2,13,14,15,16). The molecule has 0 unspecified atom stereocenters. The Labute approximate surface area is 111 Å². The lowest BCUT2D eigenvalue weighted by atomic mass is 9.96. The van der Waals surface area contributed by atoms with Crippen LogP contribution in [0.25, 0.3) is 0 Å². The van der Waals surface area contributed by atoms with E-state index in [-0.39, 0.29) is 23.8 Å². The highest BCUT2D eigenvalue weighted by Gasteiger charge is 2.25. The van der Waals surface area contributed by atoms with Crippen LogP contribution in [0.5, 0.6) is 6.01 Å². The maximum Gasteiger partial charge on any atom is 0.323 e. The fraction of sp³-hybridized carbons (Fsp3) is 0.636. The van der Waals surface area contributed by atoms with Crippen LogP contribution in [-0.4, -0.2) is 40.6 Å². The van der Waals surface area contributed by atoms with Gasteiger partial charge in [0.05, 0.1) is 6.61 Å². The maximum atomic E-state index is 11.1. The van der Waals surface area contributed by atoms with Crippen molar-refractivity contribution in [2.45, 2.75) is 19.8 Å². The number of ether oxygens (including phenoxy) is 1. The first-order chi connectivity index (χ1) is 9.10. The minimum Gasteiger partial charge on any atom is -0.464 e. The second-order valence-corrected chi connectivity index (χ2v) is 4.37. The van der Waals surface area contributed by atoms with Crippen LogP contribution in [0, 0.1) is 5.92 Å². The number of nitrogens with zero attached hydrogens (tertiary/aromatic N) is 4. The molecule has 0 atom stereocenters. The smallest absolute Gasteiger partial charge is 0.323 e. The first-order valence-corrected chi connectivity index (χ1v) is 6.28. The van der Waals surface area contributed by atoms with Crippen LogP contribution in [-0.2, 0) is 4.79 Å². The third-order valence-corrected chi connectivity index (χ3v) is 3.07. The first-order valence-electron chi connectivity index (χ1n) is 6.28. The topological polar surface area (TPSA) is 120 Å². The second-order valence-electron chi connectivity index (χ2n) is 4.37. The van der Waals surface area contributed by atoms with Crippen molar-refractivity contribution in [2.24, 2.45) is 11.7 Å². The number of nitrogen functional groups attached to an aromatic ring is 1. The SMILES string of the molecule is CCOc1nc(N)nc(N2CCC(C(N)=O)CC2)n1. The summed E-state index contributed by atoms with van der Waals surface area (Å²) in [5, 5.41) is 0. The van der Waals surface area contributed by atoms with Gasteiger partial charge in [0, 0.05) is 19.0 Å². The highest BCUT2D eigenvalue weighted by molar-refractivity contribution is 5.76. The fourth-order valence-electron chi connectivity index (χ4n) is 2.06. The number of piperidine rings is 1. The van der Waals surface area contributed by atoms with Crippen LogP contribution in [0.15, 0.2) is 0 Å². The zero-order valence-electron chi connectivity index (χ0n) is 10.9. The summed E-state index contributed by atoms with van der Waals surface area (Å²) in [6.07, 6.45) is 1.40. The van der Waals surface area contributed by atoms with E-state index in [0.29, 0.717) is 38.5 Å². The van der Waals surface area contributed by atoms with E-state index in [9.17, 15) is 4.79 Å². The van der Waals surface area contributed by atoms with E-state index < -0.39 is 0 Å². The average molecular weight is 266 g/mol. The van der Waals surface area contributed by atoms with Gasteiger partial charge in [0.25, 0.3) is 0 Å². The van der Waals surface area contributed by atoms with Crippen molar-refractivity contribution in [1.82, 2.24) is 15.0 Å². The van der Waals surface area contributed by atoms with Gasteiger partial charge in [-0.25, -0.2) is 0 Å². The molecule has 1 aromatic heterocycles. The van der Waals surface area contributed by atoms with Crippen molar-refractivity contribution in [3.63, 3.8) is 0 Å². The molecule has 8 heteroatoms. The Morgan fingerprint density at radius 2 is 2.05 bits per heavy atom. The highest BCUT2D eigenvalue weighted by atomic mass is 16.5. The molecule has 1 fully saturated rings. The van der Waals surface area contributed by atoms with E-state index in [2.05, 4.69) is 15.0 Å². The van der Waals surface area contributed by atoms with Gasteiger partial charge in [-0.2, -0.15) is 15.0 Å². The van der Waals surface area contributed by atoms with E-state index in [1.165, 1.54) is 0 Å². The van der Waals surface area contributed by atoms with Gasteiger partial charge in [-0.05, 0) is 19.8 Å². The van der Waals surface area contributed by atoms with Crippen molar-refractivity contribution in [2.75, 3.05) is 30.3 Å². The summed E-state index contributed by atoms with van der Waals surface area (Å²) in [6.45, 7) is 3.65. The predicted octanol–water partition coefficient (Wildman–Crippen LogP) is -0.446. The van der Waals surface area contributed by atoms with Crippen LogP contribution in [0.2, 0.25) is 0 Å². The number of carbonyl (C=O) groups excluding carboxylic acids is 1. The van der Waals surface area contributed by atoms with Crippen molar-refractivity contribution >= 4 is 17.8 Å². The number of hydrogen-bond donors (Lipinski definition) is 2. The molecule has 0 aliphatic carbocycles. The predicted molar refractivity (Wildman–Crippen MR) is 69.5 cm³/mol. The quantitative estimate of drug-likeness (QED) is 0.757. The molecule has 4 N–H and O–H groups in total. The molecule has 0 spiro atoms. The summed E-state index contributed by atoms with van der Waals surface area (Å²) in [4.78, 5) is 25.3. The number of nitrogens with two attached hydrogens (primary N) is 2. The zero-order valence-corrected chi connectivity index (χ0v) is 10.9. The molecule has 104 valence electrons. The summed E-state index contributed by atoms with van der Waals surface area (Å²) >= 11 is 0. The number of carbonyl (C=O) groups is 1. The summed E-state index contributed by atoms with van der Waals surface area (Å²) in [5.74, 6) is 0.302. The van der Waals surface area contributed by atoms with Gasteiger partial charge in [0.15, 0.2) is 0 Å². The Morgan fingerprint density at radius 1 is 1.37 bits per heavy atom. The van der Waals surface area contributed by atoms with Crippen molar-refractivity contribution in [3.05, 3.63) is 0 Å². The normalized spacial score (nSPS) is 16.4. The van der Waals surface area contributed by atoms with Crippen molar-refractivity contribution in [3.8, 4) is 6.01 Å². The Hall–Kier alpha value is -2.12. The van der Waals surface area contributed by atoms with Gasteiger partial charge in [0.1, 0.15) is 0 Å². The average Bonchev–Trinajstić information content (AvgIpc) is 2.38. The molecular formula is C11H18N6O2. The number of primary amides is 1. The van der Waals surface area contributed by atoms with E-state index in [1.54, 1.807) is 0 Å². The number of rotatable bonds is 4. The molecule has 1 aliphatic rings. The van der Waals surface area contributed by atoms with Crippen LogP contribution in [0.3, 0.4) is 0 Å². The Kier molecular flexibility index (Phi) is 3.98. The number of aromatic nitrogens is 3. The van der Waals surface area contributed by atoms with Gasteiger partial charge >= 0.3 is 6.01 Å².